The number of hydrogen-bond donors (Lipinski definition) is 2. The number of rotatable bonds is 4. The maximum Gasteiger partial charge on any atom is 0.276 e. The zero-order chi connectivity index (χ0) is 14.7. The molecule has 106 valence electrons. The number of anilines is 1. The van der Waals surface area contributed by atoms with E-state index in [9.17, 15) is 9.18 Å². The summed E-state index contributed by atoms with van der Waals surface area (Å²) in [5.74, 6) is -0.412. The van der Waals surface area contributed by atoms with Gasteiger partial charge < -0.3 is 5.32 Å². The fourth-order valence-corrected chi connectivity index (χ4v) is 1.97. The topological polar surface area (TPSA) is 57.8 Å². The zero-order valence-corrected chi connectivity index (χ0v) is 12.0. The Labute approximate surface area is 121 Å². The smallest absolute Gasteiger partial charge is 0.276 e. The number of carbonyl (C=O) groups is 1. The molecule has 0 aliphatic rings. The van der Waals surface area contributed by atoms with Crippen LogP contribution in [-0.4, -0.2) is 16.1 Å². The molecule has 0 aliphatic carbocycles. The first-order valence-electron chi connectivity index (χ1n) is 6.26. The minimum atomic E-state index is -0.524. The Balaban J connectivity index is 2.07. The summed E-state index contributed by atoms with van der Waals surface area (Å²) in [5.41, 5.74) is 1.62. The molecule has 0 spiro atoms. The maximum absolute atomic E-state index is 13.0. The quantitative estimate of drug-likeness (QED) is 0.904. The minimum absolute atomic E-state index is 0.0367. The summed E-state index contributed by atoms with van der Waals surface area (Å²) in [6, 6.07) is 5.71. The highest BCUT2D eigenvalue weighted by molar-refractivity contribution is 6.31. The normalized spacial score (nSPS) is 10.8. The number of benzene rings is 1. The molecule has 6 heteroatoms. The van der Waals surface area contributed by atoms with Crippen molar-refractivity contribution in [1.29, 1.82) is 0 Å². The number of aromatic amines is 1. The van der Waals surface area contributed by atoms with E-state index in [0.29, 0.717) is 17.3 Å². The van der Waals surface area contributed by atoms with Crippen molar-refractivity contribution in [3.05, 3.63) is 46.5 Å². The van der Waals surface area contributed by atoms with Gasteiger partial charge in [-0.25, -0.2) is 4.39 Å². The summed E-state index contributed by atoms with van der Waals surface area (Å²) < 4.78 is 13.0. The molecule has 1 amide bonds. The van der Waals surface area contributed by atoms with Gasteiger partial charge in [-0.05, 0) is 36.6 Å². The lowest BCUT2D eigenvalue weighted by atomic mass is 10.1. The Morgan fingerprint density at radius 1 is 1.45 bits per heavy atom. The van der Waals surface area contributed by atoms with E-state index in [4.69, 9.17) is 11.6 Å². The van der Waals surface area contributed by atoms with Gasteiger partial charge in [-0.2, -0.15) is 5.10 Å². The van der Waals surface area contributed by atoms with Gasteiger partial charge >= 0.3 is 0 Å². The van der Waals surface area contributed by atoms with E-state index in [0.717, 1.165) is 12.1 Å². The predicted octanol–water partition coefficient (Wildman–Crippen LogP) is 3.65. The van der Waals surface area contributed by atoms with Crippen molar-refractivity contribution in [2.24, 2.45) is 5.92 Å². The highest BCUT2D eigenvalue weighted by atomic mass is 35.5. The molecular weight excluding hydrogens is 281 g/mol. The fourth-order valence-electron chi connectivity index (χ4n) is 1.79. The number of amides is 1. The van der Waals surface area contributed by atoms with E-state index in [1.807, 2.05) is 0 Å². The van der Waals surface area contributed by atoms with Crippen LogP contribution in [0.4, 0.5) is 10.1 Å². The number of carbonyl (C=O) groups excluding carboxylic acids is 1. The molecule has 2 rings (SSSR count). The zero-order valence-electron chi connectivity index (χ0n) is 11.2. The highest BCUT2D eigenvalue weighted by Gasteiger charge is 2.12. The second kappa shape index (κ2) is 6.05. The molecule has 0 unspecified atom stereocenters. The molecule has 1 aromatic heterocycles. The first kappa shape index (κ1) is 14.5. The van der Waals surface area contributed by atoms with Gasteiger partial charge in [-0.15, -0.1) is 0 Å². The SMILES string of the molecule is CC(C)Cc1cc(C(=O)Nc2ccc(F)c(Cl)c2)n[nH]1. The molecule has 0 radical (unpaired) electrons. The molecule has 4 nitrogen and oxygen atoms in total. The molecule has 20 heavy (non-hydrogen) atoms. The third kappa shape index (κ3) is 3.57. The summed E-state index contributed by atoms with van der Waals surface area (Å²) >= 11 is 5.66. The fraction of sp³-hybridized carbons (Fsp3) is 0.286. The molecule has 2 aromatic rings. The van der Waals surface area contributed by atoms with Crippen LogP contribution in [0.3, 0.4) is 0 Å². The third-order valence-corrected chi connectivity index (χ3v) is 2.96. The Bertz CT molecular complexity index is 625. The van der Waals surface area contributed by atoms with Crippen molar-refractivity contribution >= 4 is 23.2 Å². The number of nitrogens with zero attached hydrogens (tertiary/aromatic N) is 1. The molecule has 1 heterocycles. The van der Waals surface area contributed by atoms with Crippen molar-refractivity contribution in [1.82, 2.24) is 10.2 Å². The van der Waals surface area contributed by atoms with Gasteiger partial charge in [-0.1, -0.05) is 25.4 Å². The Morgan fingerprint density at radius 2 is 2.20 bits per heavy atom. The Kier molecular flexibility index (Phi) is 4.39. The summed E-state index contributed by atoms with van der Waals surface area (Å²) in [6.07, 6.45) is 0.822. The third-order valence-electron chi connectivity index (χ3n) is 2.67. The van der Waals surface area contributed by atoms with E-state index in [-0.39, 0.29) is 10.9 Å². The molecule has 0 bridgehead atoms. The van der Waals surface area contributed by atoms with Crippen molar-refractivity contribution in [3.8, 4) is 0 Å². The molecule has 0 fully saturated rings. The van der Waals surface area contributed by atoms with Crippen LogP contribution >= 0.6 is 11.6 Å². The molecule has 0 aliphatic heterocycles. The van der Waals surface area contributed by atoms with E-state index in [2.05, 4.69) is 29.4 Å². The van der Waals surface area contributed by atoms with Gasteiger partial charge in [0.25, 0.3) is 5.91 Å². The number of H-pyrrole nitrogens is 1. The number of aromatic nitrogens is 2. The van der Waals surface area contributed by atoms with Gasteiger partial charge in [0, 0.05) is 11.4 Å². The van der Waals surface area contributed by atoms with Crippen LogP contribution in [0.15, 0.2) is 24.3 Å². The minimum Gasteiger partial charge on any atom is -0.321 e. The average Bonchev–Trinajstić information content (AvgIpc) is 2.81. The van der Waals surface area contributed by atoms with Crippen LogP contribution in [0.2, 0.25) is 5.02 Å². The van der Waals surface area contributed by atoms with E-state index in [1.54, 1.807) is 6.07 Å². The van der Waals surface area contributed by atoms with Crippen LogP contribution in [-0.2, 0) is 6.42 Å². The lowest BCUT2D eigenvalue weighted by molar-refractivity contribution is 0.102. The van der Waals surface area contributed by atoms with Gasteiger partial charge in [0.05, 0.1) is 5.02 Å². The second-order valence-corrected chi connectivity index (χ2v) is 5.37. The predicted molar refractivity (Wildman–Crippen MR) is 76.5 cm³/mol. The molecule has 0 atom stereocenters. The summed E-state index contributed by atoms with van der Waals surface area (Å²) in [4.78, 5) is 12.0. The van der Waals surface area contributed by atoms with Crippen LogP contribution in [0, 0.1) is 11.7 Å². The first-order valence-corrected chi connectivity index (χ1v) is 6.64. The van der Waals surface area contributed by atoms with E-state index >= 15 is 0 Å². The Hall–Kier alpha value is -1.88. The highest BCUT2D eigenvalue weighted by Crippen LogP contribution is 2.19. The van der Waals surface area contributed by atoms with Gasteiger partial charge in [0.1, 0.15) is 5.82 Å². The summed E-state index contributed by atoms with van der Waals surface area (Å²) in [5, 5.41) is 9.37. The first-order chi connectivity index (χ1) is 9.45. The summed E-state index contributed by atoms with van der Waals surface area (Å²) in [6.45, 7) is 4.17. The van der Waals surface area contributed by atoms with Crippen molar-refractivity contribution in [3.63, 3.8) is 0 Å². The number of halogens is 2. The standard InChI is InChI=1S/C14H15ClFN3O/c1-8(2)5-10-7-13(19-18-10)14(20)17-9-3-4-12(16)11(15)6-9/h3-4,6-8H,5H2,1-2H3,(H,17,20)(H,18,19). The van der Waals surface area contributed by atoms with Crippen LogP contribution in [0.5, 0.6) is 0 Å². The Morgan fingerprint density at radius 3 is 2.85 bits per heavy atom. The van der Waals surface area contributed by atoms with Crippen LogP contribution in [0.25, 0.3) is 0 Å². The van der Waals surface area contributed by atoms with Crippen LogP contribution < -0.4 is 5.32 Å². The second-order valence-electron chi connectivity index (χ2n) is 4.96. The molecule has 0 saturated carbocycles. The molecule has 2 N–H and O–H groups in total. The monoisotopic (exact) mass is 295 g/mol. The van der Waals surface area contributed by atoms with Crippen molar-refractivity contribution in [2.45, 2.75) is 20.3 Å². The maximum atomic E-state index is 13.0. The average molecular weight is 296 g/mol. The van der Waals surface area contributed by atoms with Gasteiger partial charge in [0.15, 0.2) is 5.69 Å². The van der Waals surface area contributed by atoms with Crippen molar-refractivity contribution in [2.75, 3.05) is 5.32 Å². The van der Waals surface area contributed by atoms with Crippen LogP contribution in [0.1, 0.15) is 30.0 Å². The number of nitrogens with one attached hydrogen (secondary N) is 2. The van der Waals surface area contributed by atoms with Crippen molar-refractivity contribution < 1.29 is 9.18 Å². The largest absolute Gasteiger partial charge is 0.321 e. The molecule has 0 saturated heterocycles. The lowest BCUT2D eigenvalue weighted by Gasteiger charge is -2.03. The van der Waals surface area contributed by atoms with E-state index < -0.39 is 5.82 Å². The lowest BCUT2D eigenvalue weighted by Crippen LogP contribution is -2.12. The number of hydrogen-bond acceptors (Lipinski definition) is 2. The molecule has 1 aromatic carbocycles. The van der Waals surface area contributed by atoms with Gasteiger partial charge in [-0.3, -0.25) is 9.89 Å². The van der Waals surface area contributed by atoms with E-state index in [1.165, 1.54) is 18.2 Å². The summed E-state index contributed by atoms with van der Waals surface area (Å²) in [7, 11) is 0. The molecular formula is C14H15ClFN3O. The van der Waals surface area contributed by atoms with Gasteiger partial charge in [0.2, 0.25) is 0 Å².